The summed E-state index contributed by atoms with van der Waals surface area (Å²) in [5.74, 6) is 1.06. The summed E-state index contributed by atoms with van der Waals surface area (Å²) in [5.41, 5.74) is 1.97. The molecule has 2 aromatic carbocycles. The Morgan fingerprint density at radius 3 is 2.52 bits per heavy atom. The van der Waals surface area contributed by atoms with Gasteiger partial charge in [-0.25, -0.2) is 13.1 Å². The first-order valence-corrected chi connectivity index (χ1v) is 10.5. The normalized spacial score (nSPS) is 14.0. The van der Waals surface area contributed by atoms with Crippen molar-refractivity contribution in [1.29, 1.82) is 0 Å². The summed E-state index contributed by atoms with van der Waals surface area (Å²) in [5, 5.41) is 2.76. The molecule has 0 aliphatic carbocycles. The van der Waals surface area contributed by atoms with Gasteiger partial charge in [-0.1, -0.05) is 36.4 Å². The molecular weight excluding hydrogens is 368 g/mol. The van der Waals surface area contributed by atoms with Crippen LogP contribution in [0.25, 0.3) is 0 Å². The van der Waals surface area contributed by atoms with Crippen molar-refractivity contribution < 1.29 is 22.7 Å². The van der Waals surface area contributed by atoms with Crippen LogP contribution >= 0.6 is 0 Å². The number of carbonyl (C=O) groups excluding carboxylic acids is 1. The van der Waals surface area contributed by atoms with E-state index in [1.807, 2.05) is 48.5 Å². The maximum atomic E-state index is 12.4. The van der Waals surface area contributed by atoms with Gasteiger partial charge in [-0.3, -0.25) is 4.79 Å². The maximum absolute atomic E-state index is 12.4. The molecular formula is C19H22N2O5S. The van der Waals surface area contributed by atoms with E-state index in [4.69, 9.17) is 9.47 Å². The van der Waals surface area contributed by atoms with Gasteiger partial charge in [0.1, 0.15) is 0 Å². The fourth-order valence-electron chi connectivity index (χ4n) is 2.94. The monoisotopic (exact) mass is 390 g/mol. The standard InChI is InChI=1S/C19H22N2O5S/c1-27(23,24)21-10-9-20-19(22)12-16(14-5-3-2-4-6-14)15-7-8-17-18(11-15)26-13-25-17/h2-8,11,16,21H,9-10,12-13H2,1H3,(H,20,22). The smallest absolute Gasteiger partial charge is 0.231 e. The Morgan fingerprint density at radius 1 is 1.04 bits per heavy atom. The van der Waals surface area contributed by atoms with Crippen LogP contribution in [0, 0.1) is 0 Å². The summed E-state index contributed by atoms with van der Waals surface area (Å²) in [6.07, 6.45) is 1.32. The average Bonchev–Trinajstić information content (AvgIpc) is 3.11. The van der Waals surface area contributed by atoms with Gasteiger partial charge >= 0.3 is 0 Å². The molecule has 144 valence electrons. The lowest BCUT2D eigenvalue weighted by atomic mass is 9.88. The second kappa shape index (κ2) is 8.41. The number of nitrogens with one attached hydrogen (secondary N) is 2. The third-order valence-electron chi connectivity index (χ3n) is 4.20. The predicted octanol–water partition coefficient (Wildman–Crippen LogP) is 1.60. The lowest BCUT2D eigenvalue weighted by molar-refractivity contribution is -0.121. The largest absolute Gasteiger partial charge is 0.454 e. The van der Waals surface area contributed by atoms with Crippen LogP contribution in [0.1, 0.15) is 23.5 Å². The molecule has 0 saturated carbocycles. The molecule has 0 radical (unpaired) electrons. The Balaban J connectivity index is 1.70. The molecule has 8 heteroatoms. The Labute approximate surface area is 158 Å². The Morgan fingerprint density at radius 2 is 1.78 bits per heavy atom. The van der Waals surface area contributed by atoms with Crippen molar-refractivity contribution >= 4 is 15.9 Å². The SMILES string of the molecule is CS(=O)(=O)NCCNC(=O)CC(c1ccccc1)c1ccc2c(c1)OCO2. The summed E-state index contributed by atoms with van der Waals surface area (Å²) in [7, 11) is -3.26. The highest BCUT2D eigenvalue weighted by Crippen LogP contribution is 2.37. The van der Waals surface area contributed by atoms with Crippen LogP contribution in [0.5, 0.6) is 11.5 Å². The lowest BCUT2D eigenvalue weighted by Gasteiger charge is -2.18. The molecule has 0 aromatic heterocycles. The molecule has 7 nitrogen and oxygen atoms in total. The summed E-state index contributed by atoms with van der Waals surface area (Å²) in [4.78, 5) is 12.4. The highest BCUT2D eigenvalue weighted by atomic mass is 32.2. The number of carbonyl (C=O) groups is 1. The van der Waals surface area contributed by atoms with E-state index < -0.39 is 10.0 Å². The van der Waals surface area contributed by atoms with Crippen LogP contribution in [0.2, 0.25) is 0 Å². The molecule has 2 aromatic rings. The van der Waals surface area contributed by atoms with Crippen molar-refractivity contribution in [3.8, 4) is 11.5 Å². The molecule has 0 saturated heterocycles. The number of amides is 1. The van der Waals surface area contributed by atoms with Gasteiger partial charge in [0.05, 0.1) is 6.26 Å². The molecule has 2 N–H and O–H groups in total. The molecule has 1 aliphatic heterocycles. The molecule has 27 heavy (non-hydrogen) atoms. The van der Waals surface area contributed by atoms with Crippen molar-refractivity contribution in [3.05, 3.63) is 59.7 Å². The lowest BCUT2D eigenvalue weighted by Crippen LogP contribution is -2.34. The zero-order valence-corrected chi connectivity index (χ0v) is 15.8. The molecule has 0 fully saturated rings. The molecule has 1 aliphatic rings. The second-order valence-electron chi connectivity index (χ2n) is 6.30. The molecule has 0 bridgehead atoms. The zero-order valence-electron chi connectivity index (χ0n) is 15.0. The van der Waals surface area contributed by atoms with Gasteiger partial charge in [0.2, 0.25) is 22.7 Å². The number of benzene rings is 2. The molecule has 0 spiro atoms. The second-order valence-corrected chi connectivity index (χ2v) is 8.13. The summed E-state index contributed by atoms with van der Waals surface area (Å²) >= 11 is 0. The molecule has 1 amide bonds. The number of sulfonamides is 1. The van der Waals surface area contributed by atoms with Gasteiger partial charge in [-0.15, -0.1) is 0 Å². The van der Waals surface area contributed by atoms with Crippen LogP contribution in [-0.4, -0.2) is 40.5 Å². The van der Waals surface area contributed by atoms with E-state index in [2.05, 4.69) is 10.0 Å². The minimum Gasteiger partial charge on any atom is -0.454 e. The fraction of sp³-hybridized carbons (Fsp3) is 0.316. The quantitative estimate of drug-likeness (QED) is 0.668. The summed E-state index contributed by atoms with van der Waals surface area (Å²) in [6, 6.07) is 15.4. The van der Waals surface area contributed by atoms with Crippen LogP contribution in [0.4, 0.5) is 0 Å². The van der Waals surface area contributed by atoms with Gasteiger partial charge in [0, 0.05) is 25.4 Å². The summed E-state index contributed by atoms with van der Waals surface area (Å²) in [6.45, 7) is 0.585. The Bertz CT molecular complexity index is 900. The van der Waals surface area contributed by atoms with E-state index in [-0.39, 0.29) is 38.1 Å². The number of ether oxygens (including phenoxy) is 2. The van der Waals surface area contributed by atoms with E-state index in [9.17, 15) is 13.2 Å². The first-order valence-electron chi connectivity index (χ1n) is 8.58. The third kappa shape index (κ3) is 5.45. The predicted molar refractivity (Wildman–Crippen MR) is 101 cm³/mol. The first kappa shape index (κ1) is 19.2. The van der Waals surface area contributed by atoms with Gasteiger partial charge in [0.25, 0.3) is 0 Å². The minimum absolute atomic E-state index is 0.149. The van der Waals surface area contributed by atoms with Crippen molar-refractivity contribution in [2.75, 3.05) is 26.1 Å². The van der Waals surface area contributed by atoms with E-state index in [1.54, 1.807) is 0 Å². The highest BCUT2D eigenvalue weighted by Gasteiger charge is 2.21. The Kier molecular flexibility index (Phi) is 5.98. The van der Waals surface area contributed by atoms with E-state index in [1.165, 1.54) is 0 Å². The van der Waals surface area contributed by atoms with E-state index in [0.29, 0.717) is 11.5 Å². The average molecular weight is 390 g/mol. The van der Waals surface area contributed by atoms with Crippen molar-refractivity contribution in [1.82, 2.24) is 10.0 Å². The van der Waals surface area contributed by atoms with Gasteiger partial charge in [-0.2, -0.15) is 0 Å². The zero-order chi connectivity index (χ0) is 19.3. The van der Waals surface area contributed by atoms with Crippen LogP contribution in [0.3, 0.4) is 0 Å². The first-order chi connectivity index (χ1) is 12.9. The number of hydrogen-bond acceptors (Lipinski definition) is 5. The fourth-order valence-corrected chi connectivity index (χ4v) is 3.41. The molecule has 3 rings (SSSR count). The van der Waals surface area contributed by atoms with Crippen molar-refractivity contribution in [3.63, 3.8) is 0 Å². The summed E-state index contributed by atoms with van der Waals surface area (Å²) < 4.78 is 35.3. The van der Waals surface area contributed by atoms with Gasteiger partial charge < -0.3 is 14.8 Å². The minimum atomic E-state index is -3.26. The van der Waals surface area contributed by atoms with Gasteiger partial charge in [0.15, 0.2) is 11.5 Å². The number of hydrogen-bond donors (Lipinski definition) is 2. The molecule has 1 heterocycles. The third-order valence-corrected chi connectivity index (χ3v) is 4.93. The number of fused-ring (bicyclic) bond motifs is 1. The van der Waals surface area contributed by atoms with Crippen LogP contribution < -0.4 is 19.5 Å². The van der Waals surface area contributed by atoms with E-state index >= 15 is 0 Å². The Hall–Kier alpha value is -2.58. The maximum Gasteiger partial charge on any atom is 0.231 e. The van der Waals surface area contributed by atoms with Crippen LogP contribution in [-0.2, 0) is 14.8 Å². The topological polar surface area (TPSA) is 93.7 Å². The van der Waals surface area contributed by atoms with Crippen LogP contribution in [0.15, 0.2) is 48.5 Å². The van der Waals surface area contributed by atoms with Crippen molar-refractivity contribution in [2.45, 2.75) is 12.3 Å². The van der Waals surface area contributed by atoms with Gasteiger partial charge in [-0.05, 0) is 23.3 Å². The van der Waals surface area contributed by atoms with Crippen molar-refractivity contribution in [2.24, 2.45) is 0 Å². The number of rotatable bonds is 8. The van der Waals surface area contributed by atoms with E-state index in [0.717, 1.165) is 17.4 Å². The molecule has 1 unspecified atom stereocenters. The molecule has 1 atom stereocenters. The highest BCUT2D eigenvalue weighted by molar-refractivity contribution is 7.88.